The second kappa shape index (κ2) is 10.4. The lowest BCUT2D eigenvalue weighted by Crippen LogP contribution is -2.44. The lowest BCUT2D eigenvalue weighted by molar-refractivity contribution is 0.273. The Morgan fingerprint density at radius 2 is 1.62 bits per heavy atom. The summed E-state index contributed by atoms with van der Waals surface area (Å²) in [7, 11) is -1.61. The summed E-state index contributed by atoms with van der Waals surface area (Å²) in [5.74, 6) is 1.23. The summed E-state index contributed by atoms with van der Waals surface area (Å²) in [4.78, 5) is 4.66. The molecule has 1 aliphatic rings. The maximum atomic E-state index is 12.7. The molecule has 0 amide bonds. The number of rotatable bonds is 7. The molecule has 1 fully saturated rings. The third-order valence-corrected chi connectivity index (χ3v) is 7.20. The van der Waals surface area contributed by atoms with Crippen molar-refractivity contribution in [1.82, 2.24) is 14.9 Å². The van der Waals surface area contributed by atoms with Crippen LogP contribution in [0.2, 0.25) is 0 Å². The topological polar surface area (TPSA) is 73.8 Å². The van der Waals surface area contributed by atoms with E-state index in [4.69, 9.17) is 0 Å². The summed E-state index contributed by atoms with van der Waals surface area (Å²) in [6.45, 7) is 2.73. The molecule has 1 heterocycles. The third-order valence-electron chi connectivity index (χ3n) is 5.29. The van der Waals surface area contributed by atoms with Crippen molar-refractivity contribution in [2.24, 2.45) is 10.9 Å². The standard InChI is InChI=1S/C22H30N4O2S/c1-23-22(24-15-12-19-8-4-2-5-9-19)25-18-20-13-16-26(17-14-20)29(27,28)21-10-6-3-7-11-21/h2-11,20H,12-18H2,1H3,(H2,23,24,25). The second-order valence-corrected chi connectivity index (χ2v) is 9.21. The van der Waals surface area contributed by atoms with Crippen LogP contribution in [0.5, 0.6) is 0 Å². The number of hydrogen-bond donors (Lipinski definition) is 2. The van der Waals surface area contributed by atoms with Gasteiger partial charge in [-0.05, 0) is 42.9 Å². The van der Waals surface area contributed by atoms with Crippen LogP contribution in [-0.4, -0.2) is 51.9 Å². The summed E-state index contributed by atoms with van der Waals surface area (Å²) in [5, 5.41) is 6.73. The van der Waals surface area contributed by atoms with E-state index in [1.807, 2.05) is 24.3 Å². The molecule has 7 heteroatoms. The van der Waals surface area contributed by atoms with Gasteiger partial charge in [0, 0.05) is 33.2 Å². The summed E-state index contributed by atoms with van der Waals surface area (Å²) < 4.78 is 27.0. The van der Waals surface area contributed by atoms with E-state index >= 15 is 0 Å². The zero-order valence-corrected chi connectivity index (χ0v) is 17.7. The van der Waals surface area contributed by atoms with Gasteiger partial charge in [0.1, 0.15) is 0 Å². The number of hydrogen-bond acceptors (Lipinski definition) is 3. The molecule has 0 aromatic heterocycles. The van der Waals surface area contributed by atoms with Crippen LogP contribution in [0.3, 0.4) is 0 Å². The largest absolute Gasteiger partial charge is 0.356 e. The van der Waals surface area contributed by atoms with E-state index in [1.54, 1.807) is 35.6 Å². The first kappa shape index (κ1) is 21.3. The maximum absolute atomic E-state index is 12.7. The highest BCUT2D eigenvalue weighted by atomic mass is 32.2. The monoisotopic (exact) mass is 414 g/mol. The third kappa shape index (κ3) is 6.05. The quantitative estimate of drug-likeness (QED) is 0.539. The molecule has 2 aromatic rings. The van der Waals surface area contributed by atoms with E-state index in [-0.39, 0.29) is 0 Å². The molecule has 0 aliphatic carbocycles. The predicted molar refractivity (Wildman–Crippen MR) is 117 cm³/mol. The van der Waals surface area contributed by atoms with Crippen LogP contribution in [0, 0.1) is 5.92 Å². The molecule has 1 saturated heterocycles. The van der Waals surface area contributed by atoms with Crippen LogP contribution in [0.4, 0.5) is 0 Å². The summed E-state index contributed by atoms with van der Waals surface area (Å²) in [5.41, 5.74) is 1.29. The molecule has 2 aromatic carbocycles. The van der Waals surface area contributed by atoms with Crippen LogP contribution in [-0.2, 0) is 16.4 Å². The average molecular weight is 415 g/mol. The molecule has 0 spiro atoms. The van der Waals surface area contributed by atoms with Gasteiger partial charge in [0.15, 0.2) is 5.96 Å². The number of aliphatic imine (C=N–C) groups is 1. The van der Waals surface area contributed by atoms with Crippen LogP contribution < -0.4 is 10.6 Å². The zero-order chi connectivity index (χ0) is 20.5. The Kier molecular flexibility index (Phi) is 7.66. The molecule has 156 valence electrons. The van der Waals surface area contributed by atoms with Crippen molar-refractivity contribution in [2.45, 2.75) is 24.2 Å². The van der Waals surface area contributed by atoms with Crippen LogP contribution in [0.1, 0.15) is 18.4 Å². The van der Waals surface area contributed by atoms with E-state index in [0.717, 1.165) is 38.3 Å². The van der Waals surface area contributed by atoms with Crippen LogP contribution in [0.25, 0.3) is 0 Å². The van der Waals surface area contributed by atoms with Crippen molar-refractivity contribution in [3.8, 4) is 0 Å². The molecule has 1 aliphatic heterocycles. The molecule has 0 saturated carbocycles. The van der Waals surface area contributed by atoms with Gasteiger partial charge in [-0.2, -0.15) is 4.31 Å². The van der Waals surface area contributed by atoms with Crippen molar-refractivity contribution in [3.05, 3.63) is 66.2 Å². The van der Waals surface area contributed by atoms with Gasteiger partial charge in [-0.25, -0.2) is 8.42 Å². The highest BCUT2D eigenvalue weighted by Crippen LogP contribution is 2.23. The molecule has 29 heavy (non-hydrogen) atoms. The Balaban J connectivity index is 1.41. The zero-order valence-electron chi connectivity index (χ0n) is 16.9. The van der Waals surface area contributed by atoms with E-state index in [0.29, 0.717) is 23.9 Å². The van der Waals surface area contributed by atoms with Crippen LogP contribution >= 0.6 is 0 Å². The number of sulfonamides is 1. The highest BCUT2D eigenvalue weighted by molar-refractivity contribution is 7.89. The Morgan fingerprint density at radius 1 is 1.00 bits per heavy atom. The van der Waals surface area contributed by atoms with Gasteiger partial charge in [0.05, 0.1) is 4.90 Å². The van der Waals surface area contributed by atoms with Gasteiger partial charge in [-0.3, -0.25) is 4.99 Å². The molecular formula is C22H30N4O2S. The van der Waals surface area contributed by atoms with E-state index < -0.39 is 10.0 Å². The minimum atomic E-state index is -3.38. The minimum absolute atomic E-state index is 0.375. The summed E-state index contributed by atoms with van der Waals surface area (Å²) in [6.07, 6.45) is 2.64. The molecule has 0 unspecified atom stereocenters. The predicted octanol–water partition coefficient (Wildman–Crippen LogP) is 2.50. The summed E-state index contributed by atoms with van der Waals surface area (Å²) >= 11 is 0. The smallest absolute Gasteiger partial charge is 0.243 e. The lowest BCUT2D eigenvalue weighted by Gasteiger charge is -2.31. The first-order valence-corrected chi connectivity index (χ1v) is 11.6. The Hall–Kier alpha value is -2.38. The Bertz CT molecular complexity index is 878. The van der Waals surface area contributed by atoms with Crippen molar-refractivity contribution in [1.29, 1.82) is 0 Å². The number of benzene rings is 2. The van der Waals surface area contributed by atoms with Gasteiger partial charge >= 0.3 is 0 Å². The number of nitrogens with zero attached hydrogens (tertiary/aromatic N) is 2. The van der Waals surface area contributed by atoms with Crippen molar-refractivity contribution in [2.75, 3.05) is 33.2 Å². The van der Waals surface area contributed by atoms with E-state index in [9.17, 15) is 8.42 Å². The fourth-order valence-electron chi connectivity index (χ4n) is 3.53. The second-order valence-electron chi connectivity index (χ2n) is 7.28. The number of nitrogens with one attached hydrogen (secondary N) is 2. The SMILES string of the molecule is CN=C(NCCc1ccccc1)NCC1CCN(S(=O)(=O)c2ccccc2)CC1. The Labute approximate surface area is 174 Å². The summed E-state index contributed by atoms with van der Waals surface area (Å²) in [6, 6.07) is 19.0. The van der Waals surface area contributed by atoms with Gasteiger partial charge in [0.25, 0.3) is 0 Å². The molecule has 6 nitrogen and oxygen atoms in total. The Morgan fingerprint density at radius 3 is 2.24 bits per heavy atom. The molecular weight excluding hydrogens is 384 g/mol. The average Bonchev–Trinajstić information content (AvgIpc) is 2.77. The molecule has 0 radical (unpaired) electrons. The van der Waals surface area contributed by atoms with E-state index in [2.05, 4.69) is 27.8 Å². The van der Waals surface area contributed by atoms with E-state index in [1.165, 1.54) is 5.56 Å². The fourth-order valence-corrected chi connectivity index (χ4v) is 5.02. The first-order valence-electron chi connectivity index (χ1n) is 10.1. The van der Waals surface area contributed by atoms with Gasteiger partial charge in [-0.15, -0.1) is 0 Å². The normalized spacial score (nSPS) is 16.5. The van der Waals surface area contributed by atoms with Crippen molar-refractivity contribution in [3.63, 3.8) is 0 Å². The molecule has 0 bridgehead atoms. The number of guanidine groups is 1. The van der Waals surface area contributed by atoms with Gasteiger partial charge < -0.3 is 10.6 Å². The maximum Gasteiger partial charge on any atom is 0.243 e. The van der Waals surface area contributed by atoms with Gasteiger partial charge in [-0.1, -0.05) is 48.5 Å². The number of piperidine rings is 1. The lowest BCUT2D eigenvalue weighted by atomic mass is 9.98. The highest BCUT2D eigenvalue weighted by Gasteiger charge is 2.29. The molecule has 3 rings (SSSR count). The van der Waals surface area contributed by atoms with Gasteiger partial charge in [0.2, 0.25) is 10.0 Å². The minimum Gasteiger partial charge on any atom is -0.356 e. The van der Waals surface area contributed by atoms with Crippen LogP contribution in [0.15, 0.2) is 70.6 Å². The van der Waals surface area contributed by atoms with Crippen molar-refractivity contribution < 1.29 is 8.42 Å². The van der Waals surface area contributed by atoms with Crippen molar-refractivity contribution >= 4 is 16.0 Å². The first-order chi connectivity index (χ1) is 14.1. The molecule has 2 N–H and O–H groups in total. The molecule has 0 atom stereocenters. The fraction of sp³-hybridized carbons (Fsp3) is 0.409.